The highest BCUT2D eigenvalue weighted by Gasteiger charge is 2.18. The van der Waals surface area contributed by atoms with Crippen molar-refractivity contribution in [3.8, 4) is 0 Å². The van der Waals surface area contributed by atoms with Crippen LogP contribution in [0, 0.1) is 11.7 Å². The van der Waals surface area contributed by atoms with E-state index in [1.165, 1.54) is 25.0 Å². The molecule has 5 nitrogen and oxygen atoms in total. The Hall–Kier alpha value is -2.18. The summed E-state index contributed by atoms with van der Waals surface area (Å²) in [4.78, 5) is 19.2. The van der Waals surface area contributed by atoms with Crippen molar-refractivity contribution in [3.63, 3.8) is 0 Å². The molecule has 0 spiro atoms. The molecule has 2 aromatic rings. The fraction of sp³-hybridized carbons (Fsp3) is 0.400. The molecule has 0 radical (unpaired) electrons. The van der Waals surface area contributed by atoms with Crippen LogP contribution < -0.4 is 10.6 Å². The summed E-state index contributed by atoms with van der Waals surface area (Å²) in [6.07, 6.45) is 2.36. The number of pyridine rings is 1. The van der Waals surface area contributed by atoms with Crippen LogP contribution >= 0.6 is 11.6 Å². The van der Waals surface area contributed by atoms with Crippen molar-refractivity contribution in [2.24, 2.45) is 5.92 Å². The molecule has 144 valence electrons. The minimum Gasteiger partial charge on any atom is -0.370 e. The first-order chi connectivity index (χ1) is 13.0. The zero-order valence-electron chi connectivity index (χ0n) is 15.3. The van der Waals surface area contributed by atoms with Crippen molar-refractivity contribution in [2.75, 3.05) is 36.8 Å². The van der Waals surface area contributed by atoms with Crippen LogP contribution in [0.3, 0.4) is 0 Å². The summed E-state index contributed by atoms with van der Waals surface area (Å²) >= 11 is 5.94. The lowest BCUT2D eigenvalue weighted by Crippen LogP contribution is -2.35. The van der Waals surface area contributed by atoms with Gasteiger partial charge in [-0.05, 0) is 68.7 Å². The average molecular weight is 391 g/mol. The maximum atomic E-state index is 13.1. The number of nitrogens with zero attached hydrogens (tertiary/aromatic N) is 2. The third-order valence-electron chi connectivity index (χ3n) is 4.89. The molecule has 1 aliphatic heterocycles. The Balaban J connectivity index is 1.56. The topological polar surface area (TPSA) is 57.3 Å². The Morgan fingerprint density at radius 3 is 2.70 bits per heavy atom. The van der Waals surface area contributed by atoms with Crippen molar-refractivity contribution in [2.45, 2.75) is 19.8 Å². The van der Waals surface area contributed by atoms with Crippen LogP contribution in [0.5, 0.6) is 0 Å². The van der Waals surface area contributed by atoms with Gasteiger partial charge in [0.2, 0.25) is 0 Å². The Bertz CT molecular complexity index is 793. The molecule has 7 heteroatoms. The van der Waals surface area contributed by atoms with E-state index in [0.717, 1.165) is 38.1 Å². The van der Waals surface area contributed by atoms with Crippen molar-refractivity contribution < 1.29 is 9.18 Å². The SMILES string of the molecule is CCN1CCC(CNc2cccc(NC(=O)c3ccc(F)cc3Cl)n2)CC1. The smallest absolute Gasteiger partial charge is 0.258 e. The molecule has 1 amide bonds. The van der Waals surface area contributed by atoms with Gasteiger partial charge in [-0.2, -0.15) is 0 Å². The van der Waals surface area contributed by atoms with Gasteiger partial charge in [0, 0.05) is 6.54 Å². The van der Waals surface area contributed by atoms with E-state index in [1.54, 1.807) is 6.07 Å². The summed E-state index contributed by atoms with van der Waals surface area (Å²) in [7, 11) is 0. The van der Waals surface area contributed by atoms with Crippen LogP contribution in [0.25, 0.3) is 0 Å². The normalized spacial score (nSPS) is 15.5. The summed E-state index contributed by atoms with van der Waals surface area (Å²) in [6, 6.07) is 9.10. The zero-order valence-corrected chi connectivity index (χ0v) is 16.1. The van der Waals surface area contributed by atoms with Crippen molar-refractivity contribution in [1.82, 2.24) is 9.88 Å². The number of carbonyl (C=O) groups is 1. The number of aromatic nitrogens is 1. The molecule has 0 aliphatic carbocycles. The first kappa shape index (κ1) is 19.6. The van der Waals surface area contributed by atoms with Crippen LogP contribution in [-0.2, 0) is 0 Å². The fourth-order valence-corrected chi connectivity index (χ4v) is 3.47. The fourth-order valence-electron chi connectivity index (χ4n) is 3.22. The van der Waals surface area contributed by atoms with Crippen LogP contribution in [0.4, 0.5) is 16.0 Å². The second-order valence-electron chi connectivity index (χ2n) is 6.74. The van der Waals surface area contributed by atoms with Gasteiger partial charge in [0.15, 0.2) is 0 Å². The quantitative estimate of drug-likeness (QED) is 0.773. The van der Waals surface area contributed by atoms with Crippen molar-refractivity contribution in [1.29, 1.82) is 0 Å². The number of piperidine rings is 1. The molecule has 1 saturated heterocycles. The average Bonchev–Trinajstić information content (AvgIpc) is 2.67. The number of halogens is 2. The lowest BCUT2D eigenvalue weighted by molar-refractivity contribution is 0.102. The Morgan fingerprint density at radius 2 is 2.00 bits per heavy atom. The number of carbonyl (C=O) groups excluding carboxylic acids is 1. The van der Waals surface area contributed by atoms with Gasteiger partial charge in [-0.25, -0.2) is 9.37 Å². The predicted octanol–water partition coefficient (Wildman–Crippen LogP) is 4.27. The Labute approximate surface area is 163 Å². The molecule has 1 aliphatic rings. The number of amides is 1. The highest BCUT2D eigenvalue weighted by Crippen LogP contribution is 2.20. The molecule has 0 saturated carbocycles. The first-order valence-electron chi connectivity index (χ1n) is 9.25. The van der Waals surface area contributed by atoms with Crippen LogP contribution in [0.1, 0.15) is 30.1 Å². The summed E-state index contributed by atoms with van der Waals surface area (Å²) in [5.41, 5.74) is 0.209. The molecule has 3 rings (SSSR count). The molecule has 2 N–H and O–H groups in total. The molecule has 1 fully saturated rings. The maximum absolute atomic E-state index is 13.1. The van der Waals surface area contributed by atoms with Crippen LogP contribution in [0.15, 0.2) is 36.4 Å². The molecule has 0 bridgehead atoms. The van der Waals surface area contributed by atoms with E-state index in [0.29, 0.717) is 11.7 Å². The van der Waals surface area contributed by atoms with Gasteiger partial charge in [0.25, 0.3) is 5.91 Å². The molecular weight excluding hydrogens is 367 g/mol. The lowest BCUT2D eigenvalue weighted by atomic mass is 9.97. The van der Waals surface area contributed by atoms with E-state index in [9.17, 15) is 9.18 Å². The second kappa shape index (κ2) is 9.15. The summed E-state index contributed by atoms with van der Waals surface area (Å²) in [5.74, 6) is 0.871. The number of anilines is 2. The highest BCUT2D eigenvalue weighted by atomic mass is 35.5. The third-order valence-corrected chi connectivity index (χ3v) is 5.21. The second-order valence-corrected chi connectivity index (χ2v) is 7.15. The molecule has 1 aromatic carbocycles. The van der Waals surface area contributed by atoms with E-state index in [2.05, 4.69) is 27.4 Å². The number of hydrogen-bond acceptors (Lipinski definition) is 4. The van der Waals surface area contributed by atoms with Crippen LogP contribution in [-0.4, -0.2) is 42.0 Å². The molecule has 0 atom stereocenters. The molecule has 27 heavy (non-hydrogen) atoms. The van der Waals surface area contributed by atoms with Crippen molar-refractivity contribution >= 4 is 29.1 Å². The summed E-state index contributed by atoms with van der Waals surface area (Å²) in [6.45, 7) is 6.46. The van der Waals surface area contributed by atoms with E-state index >= 15 is 0 Å². The minimum atomic E-state index is -0.481. The maximum Gasteiger partial charge on any atom is 0.258 e. The van der Waals surface area contributed by atoms with Gasteiger partial charge in [-0.3, -0.25) is 4.79 Å². The van der Waals surface area contributed by atoms with Gasteiger partial charge in [0.1, 0.15) is 17.5 Å². The van der Waals surface area contributed by atoms with E-state index in [1.807, 2.05) is 12.1 Å². The van der Waals surface area contributed by atoms with Crippen molar-refractivity contribution in [3.05, 3.63) is 52.8 Å². The number of hydrogen-bond donors (Lipinski definition) is 2. The van der Waals surface area contributed by atoms with E-state index < -0.39 is 11.7 Å². The number of likely N-dealkylation sites (tertiary alicyclic amines) is 1. The van der Waals surface area contributed by atoms with E-state index in [-0.39, 0.29) is 10.6 Å². The van der Waals surface area contributed by atoms with Gasteiger partial charge >= 0.3 is 0 Å². The molecule has 2 heterocycles. The monoisotopic (exact) mass is 390 g/mol. The Kier molecular flexibility index (Phi) is 6.63. The van der Waals surface area contributed by atoms with E-state index in [4.69, 9.17) is 11.6 Å². The third kappa shape index (κ3) is 5.40. The largest absolute Gasteiger partial charge is 0.370 e. The Morgan fingerprint density at radius 1 is 1.26 bits per heavy atom. The predicted molar refractivity (Wildman–Crippen MR) is 107 cm³/mol. The number of benzene rings is 1. The minimum absolute atomic E-state index is 0.0696. The summed E-state index contributed by atoms with van der Waals surface area (Å²) < 4.78 is 13.1. The number of nitrogens with one attached hydrogen (secondary N) is 2. The molecular formula is C20H24ClFN4O. The molecule has 0 unspecified atom stereocenters. The zero-order chi connectivity index (χ0) is 19.2. The number of rotatable bonds is 6. The van der Waals surface area contributed by atoms with Crippen LogP contribution in [0.2, 0.25) is 5.02 Å². The van der Waals surface area contributed by atoms with Gasteiger partial charge in [-0.15, -0.1) is 0 Å². The van der Waals surface area contributed by atoms with Gasteiger partial charge in [-0.1, -0.05) is 24.6 Å². The highest BCUT2D eigenvalue weighted by molar-refractivity contribution is 6.34. The lowest BCUT2D eigenvalue weighted by Gasteiger charge is -2.31. The van der Waals surface area contributed by atoms with Gasteiger partial charge in [0.05, 0.1) is 10.6 Å². The molecule has 1 aromatic heterocycles. The summed E-state index contributed by atoms with van der Waals surface area (Å²) in [5, 5.41) is 6.14. The standard InChI is InChI=1S/C20H24ClFN4O/c1-2-26-10-8-14(9-11-26)13-23-18-4-3-5-19(24-18)25-20(27)16-7-6-15(22)12-17(16)21/h3-7,12,14H,2,8-11,13H2,1H3,(H2,23,24,25,27). The van der Waals surface area contributed by atoms with Gasteiger partial charge < -0.3 is 15.5 Å². The first-order valence-corrected chi connectivity index (χ1v) is 9.62.